The number of nitrogens with two attached hydrogens (primary N) is 1. The lowest BCUT2D eigenvalue weighted by molar-refractivity contribution is -0.0426. The molecular weight excluding hydrogens is 338 g/mol. The molecule has 1 aromatic carbocycles. The normalized spacial score (nSPS) is 23.0. The van der Waals surface area contributed by atoms with Crippen LogP contribution in [-0.4, -0.2) is 48.5 Å². The summed E-state index contributed by atoms with van der Waals surface area (Å²) >= 11 is 0. The Bertz CT molecular complexity index is 1010. The number of anilines is 1. The number of nitrogen functional groups attached to an aromatic ring is 1. The standard InChI is InChI=1S/C17H19N5O4/c1-8-2-4-9(5-3-8)14-19-13-15(20-17(18)21-16(13)25)22(14)12-6-10(24)11(7-23)26-12/h2-5,10-12,23-24H,6-7H2,1H3,(H3,18,20,21,25)/t10-,11+,12+/m0/s1. The number of aliphatic hydroxyl groups excluding tert-OH is 2. The number of hydrogen-bond acceptors (Lipinski definition) is 7. The van der Waals surface area contributed by atoms with E-state index in [1.54, 1.807) is 4.57 Å². The molecule has 0 unspecified atom stereocenters. The van der Waals surface area contributed by atoms with Crippen LogP contribution in [0.5, 0.6) is 0 Å². The third kappa shape index (κ3) is 2.66. The Labute approximate surface area is 148 Å². The SMILES string of the molecule is Cc1ccc(-c2nc3c(=O)[nH]c(N)nc3n2[C@H]2C[C@H](O)[C@@H](CO)O2)cc1. The van der Waals surface area contributed by atoms with E-state index >= 15 is 0 Å². The molecule has 4 rings (SSSR count). The van der Waals surface area contributed by atoms with Crippen molar-refractivity contribution >= 4 is 17.1 Å². The van der Waals surface area contributed by atoms with E-state index in [4.69, 9.17) is 10.5 Å². The van der Waals surface area contributed by atoms with Gasteiger partial charge in [-0.2, -0.15) is 4.98 Å². The van der Waals surface area contributed by atoms with Gasteiger partial charge in [-0.1, -0.05) is 29.8 Å². The van der Waals surface area contributed by atoms with Crippen molar-refractivity contribution in [3.63, 3.8) is 0 Å². The molecule has 5 N–H and O–H groups in total. The number of nitrogens with zero attached hydrogens (tertiary/aromatic N) is 3. The zero-order valence-corrected chi connectivity index (χ0v) is 14.1. The number of nitrogens with one attached hydrogen (secondary N) is 1. The van der Waals surface area contributed by atoms with Crippen LogP contribution >= 0.6 is 0 Å². The summed E-state index contributed by atoms with van der Waals surface area (Å²) in [5.41, 5.74) is 7.53. The average molecular weight is 357 g/mol. The van der Waals surface area contributed by atoms with Gasteiger partial charge >= 0.3 is 0 Å². The number of aliphatic hydroxyl groups is 2. The molecule has 0 aliphatic carbocycles. The Morgan fingerprint density at radius 1 is 1.35 bits per heavy atom. The largest absolute Gasteiger partial charge is 0.394 e. The van der Waals surface area contributed by atoms with Gasteiger partial charge in [0.15, 0.2) is 11.2 Å². The second-order valence-corrected chi connectivity index (χ2v) is 6.41. The van der Waals surface area contributed by atoms with E-state index in [0.717, 1.165) is 11.1 Å². The van der Waals surface area contributed by atoms with Gasteiger partial charge in [0.25, 0.3) is 5.56 Å². The van der Waals surface area contributed by atoms with Crippen LogP contribution in [0, 0.1) is 6.92 Å². The number of rotatable bonds is 3. The lowest BCUT2D eigenvalue weighted by Crippen LogP contribution is -2.24. The molecule has 0 radical (unpaired) electrons. The highest BCUT2D eigenvalue weighted by Crippen LogP contribution is 2.35. The van der Waals surface area contributed by atoms with Crippen LogP contribution in [0.15, 0.2) is 29.1 Å². The monoisotopic (exact) mass is 357 g/mol. The molecule has 0 bridgehead atoms. The molecule has 0 amide bonds. The molecule has 3 aromatic rings. The van der Waals surface area contributed by atoms with Crippen LogP contribution < -0.4 is 11.3 Å². The highest BCUT2D eigenvalue weighted by atomic mass is 16.5. The molecule has 26 heavy (non-hydrogen) atoms. The van der Waals surface area contributed by atoms with Crippen LogP contribution in [0.4, 0.5) is 5.95 Å². The third-order valence-electron chi connectivity index (χ3n) is 4.55. The van der Waals surface area contributed by atoms with E-state index in [-0.39, 0.29) is 30.1 Å². The fraction of sp³-hybridized carbons (Fsp3) is 0.353. The summed E-state index contributed by atoms with van der Waals surface area (Å²) < 4.78 is 7.43. The van der Waals surface area contributed by atoms with Crippen molar-refractivity contribution in [2.75, 3.05) is 12.3 Å². The smallest absolute Gasteiger partial charge is 0.280 e. The van der Waals surface area contributed by atoms with Gasteiger partial charge in [0.1, 0.15) is 18.2 Å². The highest BCUT2D eigenvalue weighted by Gasteiger charge is 2.37. The molecular formula is C17H19N5O4. The minimum absolute atomic E-state index is 0.0311. The summed E-state index contributed by atoms with van der Waals surface area (Å²) in [4.78, 5) is 23.4. The van der Waals surface area contributed by atoms with Crippen LogP contribution in [0.2, 0.25) is 0 Å². The topological polar surface area (TPSA) is 139 Å². The van der Waals surface area contributed by atoms with Crippen molar-refractivity contribution in [2.24, 2.45) is 0 Å². The number of aryl methyl sites for hydroxylation is 1. The lowest BCUT2D eigenvalue weighted by atomic mass is 10.1. The van der Waals surface area contributed by atoms with E-state index in [9.17, 15) is 15.0 Å². The van der Waals surface area contributed by atoms with Gasteiger partial charge in [-0.25, -0.2) is 4.98 Å². The van der Waals surface area contributed by atoms with Crippen molar-refractivity contribution < 1.29 is 14.9 Å². The Balaban J connectivity index is 1.95. The summed E-state index contributed by atoms with van der Waals surface area (Å²) in [6.45, 7) is 1.67. The van der Waals surface area contributed by atoms with Crippen molar-refractivity contribution in [2.45, 2.75) is 31.8 Å². The Kier molecular flexibility index (Phi) is 3.98. The third-order valence-corrected chi connectivity index (χ3v) is 4.55. The van der Waals surface area contributed by atoms with Gasteiger partial charge in [-0.05, 0) is 6.92 Å². The molecule has 1 fully saturated rings. The Morgan fingerprint density at radius 3 is 2.73 bits per heavy atom. The first kappa shape index (κ1) is 16.7. The van der Waals surface area contributed by atoms with E-state index in [1.165, 1.54) is 0 Å². The summed E-state index contributed by atoms with van der Waals surface area (Å²) in [6, 6.07) is 7.65. The number of hydrogen-bond donors (Lipinski definition) is 4. The molecule has 1 saturated heterocycles. The predicted molar refractivity (Wildman–Crippen MR) is 94.4 cm³/mol. The minimum Gasteiger partial charge on any atom is -0.394 e. The first-order valence-electron chi connectivity index (χ1n) is 8.27. The molecule has 1 aliphatic rings. The maximum absolute atomic E-state index is 12.3. The lowest BCUT2D eigenvalue weighted by Gasteiger charge is -2.17. The van der Waals surface area contributed by atoms with Gasteiger partial charge in [-0.15, -0.1) is 0 Å². The summed E-state index contributed by atoms with van der Waals surface area (Å²) in [7, 11) is 0. The number of aromatic nitrogens is 4. The predicted octanol–water partition coefficient (Wildman–Crippen LogP) is 0.318. The number of benzene rings is 1. The second-order valence-electron chi connectivity index (χ2n) is 6.41. The summed E-state index contributed by atoms with van der Waals surface area (Å²) in [5, 5.41) is 19.5. The second kappa shape index (κ2) is 6.20. The van der Waals surface area contributed by atoms with Crippen LogP contribution in [-0.2, 0) is 4.74 Å². The van der Waals surface area contributed by atoms with Crippen LogP contribution in [0.25, 0.3) is 22.6 Å². The highest BCUT2D eigenvalue weighted by molar-refractivity contribution is 5.77. The van der Waals surface area contributed by atoms with E-state index < -0.39 is 24.0 Å². The van der Waals surface area contributed by atoms with Gasteiger partial charge in [0.2, 0.25) is 5.95 Å². The summed E-state index contributed by atoms with van der Waals surface area (Å²) in [6.07, 6.45) is -1.92. The van der Waals surface area contributed by atoms with E-state index in [1.807, 2.05) is 31.2 Å². The van der Waals surface area contributed by atoms with Crippen LogP contribution in [0.1, 0.15) is 18.2 Å². The molecule has 136 valence electrons. The Hall–Kier alpha value is -2.75. The number of imidazole rings is 1. The van der Waals surface area contributed by atoms with E-state index in [2.05, 4.69) is 15.0 Å². The van der Waals surface area contributed by atoms with Gasteiger partial charge in [0, 0.05) is 12.0 Å². The van der Waals surface area contributed by atoms with Crippen molar-refractivity contribution in [3.8, 4) is 11.4 Å². The van der Waals surface area contributed by atoms with E-state index in [0.29, 0.717) is 5.82 Å². The molecule has 3 atom stereocenters. The average Bonchev–Trinajstić information content (AvgIpc) is 3.16. The fourth-order valence-corrected chi connectivity index (χ4v) is 3.22. The molecule has 0 spiro atoms. The molecule has 3 heterocycles. The molecule has 0 saturated carbocycles. The first-order valence-corrected chi connectivity index (χ1v) is 8.27. The zero-order chi connectivity index (χ0) is 18.4. The van der Waals surface area contributed by atoms with Gasteiger partial charge in [-0.3, -0.25) is 14.3 Å². The first-order chi connectivity index (χ1) is 12.5. The number of fused-ring (bicyclic) bond motifs is 1. The number of H-pyrrole nitrogens is 1. The van der Waals surface area contributed by atoms with Crippen molar-refractivity contribution in [1.29, 1.82) is 0 Å². The van der Waals surface area contributed by atoms with Crippen molar-refractivity contribution in [3.05, 3.63) is 40.2 Å². The molecule has 2 aromatic heterocycles. The number of aromatic amines is 1. The van der Waals surface area contributed by atoms with Crippen molar-refractivity contribution in [1.82, 2.24) is 19.5 Å². The molecule has 9 heteroatoms. The maximum Gasteiger partial charge on any atom is 0.280 e. The molecule has 1 aliphatic heterocycles. The molecule has 9 nitrogen and oxygen atoms in total. The summed E-state index contributed by atoms with van der Waals surface area (Å²) in [5.74, 6) is 0.454. The van der Waals surface area contributed by atoms with Crippen LogP contribution in [0.3, 0.4) is 0 Å². The minimum atomic E-state index is -0.826. The zero-order valence-electron chi connectivity index (χ0n) is 14.1. The fourth-order valence-electron chi connectivity index (χ4n) is 3.22. The number of ether oxygens (including phenoxy) is 1. The maximum atomic E-state index is 12.3. The van der Waals surface area contributed by atoms with Gasteiger partial charge < -0.3 is 20.7 Å². The quantitative estimate of drug-likeness (QED) is 0.529. The van der Waals surface area contributed by atoms with Gasteiger partial charge in [0.05, 0.1) is 12.7 Å². The Morgan fingerprint density at radius 2 is 2.08 bits per heavy atom.